The molecule has 0 amide bonds. The fourth-order valence-electron chi connectivity index (χ4n) is 2.64. The first-order chi connectivity index (χ1) is 12.8. The number of pyridine rings is 2. The summed E-state index contributed by atoms with van der Waals surface area (Å²) in [4.78, 5) is 18.8. The predicted octanol–water partition coefficient (Wildman–Crippen LogP) is 1.63. The van der Waals surface area contributed by atoms with Gasteiger partial charge in [0.05, 0.1) is 7.11 Å². The van der Waals surface area contributed by atoms with Crippen LogP contribution < -0.4 is 15.4 Å². The first-order valence-electron chi connectivity index (χ1n) is 7.64. The first-order valence-corrected chi connectivity index (χ1v) is 9.19. The Labute approximate surface area is 154 Å². The lowest BCUT2D eigenvalue weighted by Gasteiger charge is -2.11. The number of methoxy groups -OCH3 is 1. The lowest BCUT2D eigenvalue weighted by atomic mass is 10.0. The van der Waals surface area contributed by atoms with Gasteiger partial charge in [0.1, 0.15) is 22.3 Å². The van der Waals surface area contributed by atoms with Crippen molar-refractivity contribution in [3.63, 3.8) is 0 Å². The second kappa shape index (κ2) is 7.03. The summed E-state index contributed by atoms with van der Waals surface area (Å²) in [6, 6.07) is 11.2. The van der Waals surface area contributed by atoms with Crippen LogP contribution in [-0.2, 0) is 10.0 Å². The number of aromatic amines is 1. The molecule has 3 aromatic rings. The minimum absolute atomic E-state index is 0.0630. The zero-order valence-electron chi connectivity index (χ0n) is 14.1. The van der Waals surface area contributed by atoms with Crippen molar-refractivity contribution in [3.05, 3.63) is 64.7 Å². The van der Waals surface area contributed by atoms with Crippen LogP contribution >= 0.6 is 0 Å². The van der Waals surface area contributed by atoms with Gasteiger partial charge in [0.2, 0.25) is 10.0 Å². The van der Waals surface area contributed by atoms with E-state index in [1.54, 1.807) is 30.5 Å². The number of hydrogen-bond acceptors (Lipinski definition) is 6. The number of H-pyrrole nitrogens is 1. The molecule has 2 aromatic heterocycles. The van der Waals surface area contributed by atoms with Crippen molar-refractivity contribution in [2.24, 2.45) is 5.14 Å². The third-order valence-corrected chi connectivity index (χ3v) is 4.83. The van der Waals surface area contributed by atoms with Crippen LogP contribution in [0, 0.1) is 11.3 Å². The average molecular weight is 382 g/mol. The first kappa shape index (κ1) is 18.3. The van der Waals surface area contributed by atoms with Gasteiger partial charge in [0.15, 0.2) is 0 Å². The lowest BCUT2D eigenvalue weighted by Crippen LogP contribution is -2.15. The average Bonchev–Trinajstić information content (AvgIpc) is 2.66. The summed E-state index contributed by atoms with van der Waals surface area (Å²) in [6.07, 6.45) is 3.11. The van der Waals surface area contributed by atoms with E-state index in [0.717, 1.165) is 0 Å². The van der Waals surface area contributed by atoms with Crippen molar-refractivity contribution in [2.45, 2.75) is 4.90 Å². The summed E-state index contributed by atoms with van der Waals surface area (Å²) in [5.74, 6) is 0.0877. The van der Waals surface area contributed by atoms with Crippen LogP contribution in [-0.4, -0.2) is 25.5 Å². The van der Waals surface area contributed by atoms with E-state index in [4.69, 9.17) is 9.88 Å². The van der Waals surface area contributed by atoms with Gasteiger partial charge in [-0.05, 0) is 35.9 Å². The highest BCUT2D eigenvalue weighted by molar-refractivity contribution is 7.89. The molecule has 0 unspecified atom stereocenters. The van der Waals surface area contributed by atoms with Gasteiger partial charge in [-0.3, -0.25) is 9.78 Å². The van der Waals surface area contributed by atoms with Gasteiger partial charge in [-0.15, -0.1) is 0 Å². The van der Waals surface area contributed by atoms with Crippen LogP contribution in [0.4, 0.5) is 0 Å². The van der Waals surface area contributed by atoms with E-state index in [2.05, 4.69) is 9.97 Å². The van der Waals surface area contributed by atoms with Crippen LogP contribution in [0.3, 0.4) is 0 Å². The minimum atomic E-state index is -4.04. The number of nitrogens with two attached hydrogens (primary N) is 1. The summed E-state index contributed by atoms with van der Waals surface area (Å²) in [7, 11) is -2.71. The summed E-state index contributed by atoms with van der Waals surface area (Å²) < 4.78 is 28.7. The molecule has 0 atom stereocenters. The molecule has 0 aliphatic carbocycles. The summed E-state index contributed by atoms with van der Waals surface area (Å²) in [6.45, 7) is 0. The van der Waals surface area contributed by atoms with E-state index in [1.165, 1.54) is 25.4 Å². The molecule has 0 bridgehead atoms. The molecule has 0 saturated carbocycles. The Bertz CT molecular complexity index is 1210. The number of primary sulfonamides is 1. The minimum Gasteiger partial charge on any atom is -0.495 e. The molecule has 8 nitrogen and oxygen atoms in total. The Morgan fingerprint density at radius 1 is 1.22 bits per heavy atom. The molecule has 0 aliphatic heterocycles. The van der Waals surface area contributed by atoms with Crippen molar-refractivity contribution in [1.29, 1.82) is 5.26 Å². The van der Waals surface area contributed by atoms with Gasteiger partial charge in [-0.1, -0.05) is 6.07 Å². The van der Waals surface area contributed by atoms with Gasteiger partial charge >= 0.3 is 0 Å². The number of sulfonamides is 1. The van der Waals surface area contributed by atoms with Gasteiger partial charge in [-0.2, -0.15) is 5.26 Å². The van der Waals surface area contributed by atoms with Crippen LogP contribution in [0.15, 0.2) is 58.5 Å². The molecule has 2 heterocycles. The molecule has 3 rings (SSSR count). The highest BCUT2D eigenvalue weighted by atomic mass is 32.2. The Hall–Kier alpha value is -3.48. The zero-order valence-corrected chi connectivity index (χ0v) is 14.9. The normalized spacial score (nSPS) is 11.0. The number of rotatable bonds is 4. The fraction of sp³-hybridized carbons (Fsp3) is 0.0556. The van der Waals surface area contributed by atoms with E-state index in [1.807, 2.05) is 6.07 Å². The lowest BCUT2D eigenvalue weighted by molar-refractivity contribution is 0.403. The highest BCUT2D eigenvalue weighted by Crippen LogP contribution is 2.30. The van der Waals surface area contributed by atoms with Crippen molar-refractivity contribution >= 4 is 10.0 Å². The topological polar surface area (TPSA) is 139 Å². The molecule has 9 heteroatoms. The Kier molecular flexibility index (Phi) is 4.77. The van der Waals surface area contributed by atoms with Crippen molar-refractivity contribution in [3.8, 4) is 34.2 Å². The molecule has 136 valence electrons. The van der Waals surface area contributed by atoms with Crippen LogP contribution in [0.5, 0.6) is 5.75 Å². The molecular formula is C18H14N4O4S. The highest BCUT2D eigenvalue weighted by Gasteiger charge is 2.18. The number of nitriles is 1. The van der Waals surface area contributed by atoms with Gasteiger partial charge in [-0.25, -0.2) is 13.6 Å². The quantitative estimate of drug-likeness (QED) is 0.703. The number of ether oxygens (including phenoxy) is 1. The standard InChI is InChI=1S/C18H14N4O4S/c1-26-16-5-4-11(7-17(16)27(20,24)25)15-8-13(12-3-2-6-21-10-12)14(9-19)18(23)22-15/h2-8,10H,1H3,(H,22,23)(H2,20,24,25). The van der Waals surface area contributed by atoms with Crippen LogP contribution in [0.2, 0.25) is 0 Å². The Balaban J connectivity index is 2.27. The predicted molar refractivity (Wildman–Crippen MR) is 98.4 cm³/mol. The molecule has 0 radical (unpaired) electrons. The number of hydrogen-bond donors (Lipinski definition) is 2. The number of nitrogens with one attached hydrogen (secondary N) is 1. The summed E-state index contributed by atoms with van der Waals surface area (Å²) in [5, 5.41) is 14.6. The summed E-state index contributed by atoms with van der Waals surface area (Å²) >= 11 is 0. The smallest absolute Gasteiger partial charge is 0.266 e. The summed E-state index contributed by atoms with van der Waals surface area (Å²) in [5.41, 5.74) is 1.03. The number of benzene rings is 1. The molecule has 0 saturated heterocycles. The molecule has 0 aliphatic rings. The van der Waals surface area contributed by atoms with Gasteiger partial charge < -0.3 is 9.72 Å². The number of nitrogens with zero attached hydrogens (tertiary/aromatic N) is 2. The molecular weight excluding hydrogens is 368 g/mol. The van der Waals surface area contributed by atoms with E-state index >= 15 is 0 Å². The number of aromatic nitrogens is 2. The van der Waals surface area contributed by atoms with E-state index in [-0.39, 0.29) is 16.2 Å². The molecule has 27 heavy (non-hydrogen) atoms. The maximum atomic E-state index is 12.4. The maximum Gasteiger partial charge on any atom is 0.266 e. The molecule has 3 N–H and O–H groups in total. The van der Waals surface area contributed by atoms with Gasteiger partial charge in [0.25, 0.3) is 5.56 Å². The van der Waals surface area contributed by atoms with Crippen LogP contribution in [0.1, 0.15) is 5.56 Å². The SMILES string of the molecule is COc1ccc(-c2cc(-c3cccnc3)c(C#N)c(=O)[nH]2)cc1S(N)(=O)=O. The third kappa shape index (κ3) is 3.57. The van der Waals surface area contributed by atoms with Gasteiger partial charge in [0, 0.05) is 29.2 Å². The molecule has 1 aromatic carbocycles. The van der Waals surface area contributed by atoms with Crippen LogP contribution in [0.25, 0.3) is 22.4 Å². The van der Waals surface area contributed by atoms with Crippen molar-refractivity contribution < 1.29 is 13.2 Å². The second-order valence-corrected chi connectivity index (χ2v) is 7.09. The largest absolute Gasteiger partial charge is 0.495 e. The Morgan fingerprint density at radius 3 is 2.59 bits per heavy atom. The monoisotopic (exact) mass is 382 g/mol. The Morgan fingerprint density at radius 2 is 2.00 bits per heavy atom. The fourth-order valence-corrected chi connectivity index (χ4v) is 3.37. The molecule has 0 fully saturated rings. The molecule has 0 spiro atoms. The third-order valence-electron chi connectivity index (χ3n) is 3.90. The van der Waals surface area contributed by atoms with E-state index < -0.39 is 15.6 Å². The maximum absolute atomic E-state index is 12.4. The van der Waals surface area contributed by atoms with E-state index in [9.17, 15) is 18.5 Å². The zero-order chi connectivity index (χ0) is 19.6. The van der Waals surface area contributed by atoms with Crippen molar-refractivity contribution in [1.82, 2.24) is 9.97 Å². The van der Waals surface area contributed by atoms with Crippen molar-refractivity contribution in [2.75, 3.05) is 7.11 Å². The van der Waals surface area contributed by atoms with E-state index in [0.29, 0.717) is 22.4 Å². The second-order valence-electron chi connectivity index (χ2n) is 5.56.